The lowest BCUT2D eigenvalue weighted by atomic mass is 9.97. The molecule has 0 spiro atoms. The molecular weight excluding hydrogens is 290 g/mol. The Morgan fingerprint density at radius 1 is 1.00 bits per heavy atom. The third kappa shape index (κ3) is 7.00. The molecule has 0 saturated heterocycles. The summed E-state index contributed by atoms with van der Waals surface area (Å²) >= 11 is 0. The molecule has 5 nitrogen and oxygen atoms in total. The number of nitrogens with one attached hydrogen (secondary N) is 3. The average molecular weight is 315 g/mol. The summed E-state index contributed by atoms with van der Waals surface area (Å²) in [6, 6.07) is 8.92. The van der Waals surface area contributed by atoms with Crippen LogP contribution in [0.25, 0.3) is 0 Å². The van der Waals surface area contributed by atoms with Crippen LogP contribution in [0.1, 0.15) is 38.5 Å². The molecule has 0 radical (unpaired) electrons. The highest BCUT2D eigenvalue weighted by Crippen LogP contribution is 2.19. The first-order valence-electron chi connectivity index (χ1n) is 8.28. The number of carbonyl (C=O) groups excluding carboxylic acids is 2. The summed E-state index contributed by atoms with van der Waals surface area (Å²) in [6.45, 7) is 1.01. The molecule has 23 heavy (non-hydrogen) atoms. The van der Waals surface area contributed by atoms with Crippen molar-refractivity contribution in [2.45, 2.75) is 38.5 Å². The van der Waals surface area contributed by atoms with Gasteiger partial charge in [-0.3, -0.25) is 4.79 Å². The fourth-order valence-electron chi connectivity index (χ4n) is 2.57. The molecular formula is C18H25N3O2. The van der Waals surface area contributed by atoms with Crippen molar-refractivity contribution in [1.82, 2.24) is 10.6 Å². The Morgan fingerprint density at radius 2 is 1.83 bits per heavy atom. The molecule has 3 amide bonds. The zero-order valence-corrected chi connectivity index (χ0v) is 13.4. The van der Waals surface area contributed by atoms with E-state index in [1.807, 2.05) is 30.3 Å². The molecule has 2 rings (SSSR count). The Morgan fingerprint density at radius 3 is 2.57 bits per heavy atom. The van der Waals surface area contributed by atoms with Crippen molar-refractivity contribution in [2.24, 2.45) is 0 Å². The van der Waals surface area contributed by atoms with Gasteiger partial charge in [-0.1, -0.05) is 29.8 Å². The maximum atomic E-state index is 11.7. The van der Waals surface area contributed by atoms with Gasteiger partial charge in [-0.2, -0.15) is 0 Å². The molecule has 0 atom stereocenters. The molecule has 1 aromatic rings. The van der Waals surface area contributed by atoms with Crippen LogP contribution >= 0.6 is 0 Å². The molecule has 0 aliphatic heterocycles. The molecule has 5 heteroatoms. The Hall–Kier alpha value is -2.30. The number of hydrogen-bond donors (Lipinski definition) is 3. The van der Waals surface area contributed by atoms with Crippen molar-refractivity contribution in [3.05, 3.63) is 42.0 Å². The fraction of sp³-hybridized carbons (Fsp3) is 0.444. The zero-order chi connectivity index (χ0) is 16.3. The zero-order valence-electron chi connectivity index (χ0n) is 13.4. The quantitative estimate of drug-likeness (QED) is 0.676. The van der Waals surface area contributed by atoms with Crippen LogP contribution in [0.2, 0.25) is 0 Å². The SMILES string of the molecule is O=C(CCNC(=O)Nc1ccccc1)NCCC1=CCCCC1. The van der Waals surface area contributed by atoms with Crippen LogP contribution in [0.5, 0.6) is 0 Å². The van der Waals surface area contributed by atoms with Crippen molar-refractivity contribution in [2.75, 3.05) is 18.4 Å². The lowest BCUT2D eigenvalue weighted by molar-refractivity contribution is -0.120. The number of carbonyl (C=O) groups is 2. The topological polar surface area (TPSA) is 70.2 Å². The summed E-state index contributed by atoms with van der Waals surface area (Å²) in [7, 11) is 0. The minimum absolute atomic E-state index is 0.0265. The number of rotatable bonds is 7. The largest absolute Gasteiger partial charge is 0.356 e. The number of amides is 3. The molecule has 0 bridgehead atoms. The van der Waals surface area contributed by atoms with Crippen LogP contribution in [0, 0.1) is 0 Å². The highest BCUT2D eigenvalue weighted by atomic mass is 16.2. The first-order valence-corrected chi connectivity index (χ1v) is 8.28. The van der Waals surface area contributed by atoms with E-state index in [0.717, 1.165) is 18.5 Å². The molecule has 1 aromatic carbocycles. The third-order valence-electron chi connectivity index (χ3n) is 3.82. The van der Waals surface area contributed by atoms with Crippen molar-refractivity contribution in [1.29, 1.82) is 0 Å². The van der Waals surface area contributed by atoms with Gasteiger partial charge >= 0.3 is 6.03 Å². The van der Waals surface area contributed by atoms with E-state index in [1.54, 1.807) is 0 Å². The number of allylic oxidation sites excluding steroid dienone is 1. The number of anilines is 1. The van der Waals surface area contributed by atoms with E-state index in [4.69, 9.17) is 0 Å². The van der Waals surface area contributed by atoms with Crippen LogP contribution in [0.4, 0.5) is 10.5 Å². The predicted octanol–water partition coefficient (Wildman–Crippen LogP) is 3.20. The predicted molar refractivity (Wildman–Crippen MR) is 92.3 cm³/mol. The first-order chi connectivity index (χ1) is 11.2. The van der Waals surface area contributed by atoms with Gasteiger partial charge in [0.2, 0.25) is 5.91 Å². The number of urea groups is 1. The Kier molecular flexibility index (Phi) is 7.17. The lowest BCUT2D eigenvalue weighted by Gasteiger charge is -2.13. The molecule has 3 N–H and O–H groups in total. The Bertz CT molecular complexity index is 540. The van der Waals surface area contributed by atoms with E-state index in [0.29, 0.717) is 19.5 Å². The second-order valence-corrected chi connectivity index (χ2v) is 5.71. The highest BCUT2D eigenvalue weighted by molar-refractivity contribution is 5.89. The van der Waals surface area contributed by atoms with E-state index in [2.05, 4.69) is 22.0 Å². The van der Waals surface area contributed by atoms with Gasteiger partial charge in [-0.05, 0) is 44.2 Å². The number of benzene rings is 1. The van der Waals surface area contributed by atoms with Gasteiger partial charge in [-0.15, -0.1) is 0 Å². The second-order valence-electron chi connectivity index (χ2n) is 5.71. The molecule has 1 aliphatic rings. The van der Waals surface area contributed by atoms with Crippen molar-refractivity contribution < 1.29 is 9.59 Å². The monoisotopic (exact) mass is 315 g/mol. The summed E-state index contributed by atoms with van der Waals surface area (Å²) in [5, 5.41) is 8.29. The summed E-state index contributed by atoms with van der Waals surface area (Å²) in [5.41, 5.74) is 2.19. The van der Waals surface area contributed by atoms with Gasteiger partial charge < -0.3 is 16.0 Å². The van der Waals surface area contributed by atoms with Gasteiger partial charge in [-0.25, -0.2) is 4.79 Å². The molecule has 0 heterocycles. The third-order valence-corrected chi connectivity index (χ3v) is 3.82. The second kappa shape index (κ2) is 9.66. The summed E-state index contributed by atoms with van der Waals surface area (Å²) < 4.78 is 0. The summed E-state index contributed by atoms with van der Waals surface area (Å²) in [5.74, 6) is -0.0265. The van der Waals surface area contributed by atoms with Crippen molar-refractivity contribution in [3.63, 3.8) is 0 Å². The normalized spacial score (nSPS) is 13.8. The first kappa shape index (κ1) is 17.1. The van der Waals surface area contributed by atoms with Crippen molar-refractivity contribution in [3.8, 4) is 0 Å². The molecule has 0 unspecified atom stereocenters. The van der Waals surface area contributed by atoms with E-state index < -0.39 is 0 Å². The molecule has 0 aromatic heterocycles. The maximum Gasteiger partial charge on any atom is 0.319 e. The molecule has 0 fully saturated rings. The van der Waals surface area contributed by atoms with E-state index in [1.165, 1.54) is 24.8 Å². The number of para-hydroxylation sites is 1. The smallest absolute Gasteiger partial charge is 0.319 e. The summed E-state index contributed by atoms with van der Waals surface area (Å²) in [4.78, 5) is 23.4. The van der Waals surface area contributed by atoms with E-state index in [9.17, 15) is 9.59 Å². The van der Waals surface area contributed by atoms with Gasteiger partial charge in [0.15, 0.2) is 0 Å². The van der Waals surface area contributed by atoms with E-state index >= 15 is 0 Å². The lowest BCUT2D eigenvalue weighted by Crippen LogP contribution is -2.33. The van der Waals surface area contributed by atoms with Crippen LogP contribution in [-0.2, 0) is 4.79 Å². The van der Waals surface area contributed by atoms with Gasteiger partial charge in [0.1, 0.15) is 0 Å². The van der Waals surface area contributed by atoms with Crippen LogP contribution in [0.3, 0.4) is 0 Å². The molecule has 124 valence electrons. The Balaban J connectivity index is 1.54. The minimum Gasteiger partial charge on any atom is -0.356 e. The van der Waals surface area contributed by atoms with Crippen LogP contribution in [0.15, 0.2) is 42.0 Å². The molecule has 1 aliphatic carbocycles. The average Bonchev–Trinajstić information content (AvgIpc) is 2.57. The van der Waals surface area contributed by atoms with Gasteiger partial charge in [0.25, 0.3) is 0 Å². The van der Waals surface area contributed by atoms with Crippen LogP contribution < -0.4 is 16.0 Å². The highest BCUT2D eigenvalue weighted by Gasteiger charge is 2.06. The number of hydrogen-bond acceptors (Lipinski definition) is 2. The Labute approximate surface area is 137 Å². The summed E-state index contributed by atoms with van der Waals surface area (Å²) in [6.07, 6.45) is 8.41. The maximum absolute atomic E-state index is 11.7. The fourth-order valence-corrected chi connectivity index (χ4v) is 2.57. The van der Waals surface area contributed by atoms with Gasteiger partial charge in [0, 0.05) is 25.2 Å². The van der Waals surface area contributed by atoms with Crippen LogP contribution in [-0.4, -0.2) is 25.0 Å². The van der Waals surface area contributed by atoms with Gasteiger partial charge in [0.05, 0.1) is 0 Å². The standard InChI is InChI=1S/C18H25N3O2/c22-17(19-13-11-15-7-3-1-4-8-15)12-14-20-18(23)21-16-9-5-2-6-10-16/h2,5-7,9-10H,1,3-4,8,11-14H2,(H,19,22)(H2,20,21,23). The molecule has 0 saturated carbocycles. The minimum atomic E-state index is -0.295. The van der Waals surface area contributed by atoms with E-state index in [-0.39, 0.29) is 11.9 Å². The van der Waals surface area contributed by atoms with Crippen molar-refractivity contribution >= 4 is 17.6 Å².